The molecule has 0 spiro atoms. The van der Waals surface area contributed by atoms with Crippen LogP contribution in [-0.2, 0) is 0 Å². The zero-order chi connectivity index (χ0) is 13.2. The van der Waals surface area contributed by atoms with Gasteiger partial charge in [-0.25, -0.2) is 9.89 Å². The van der Waals surface area contributed by atoms with Crippen molar-refractivity contribution in [3.63, 3.8) is 0 Å². The van der Waals surface area contributed by atoms with Crippen molar-refractivity contribution in [2.24, 2.45) is 0 Å². The lowest BCUT2D eigenvalue weighted by Crippen LogP contribution is -2.33. The van der Waals surface area contributed by atoms with Gasteiger partial charge in [-0.05, 0) is 25.5 Å². The Hall–Kier alpha value is -1.89. The topological polar surface area (TPSA) is 95.3 Å². The van der Waals surface area contributed by atoms with Gasteiger partial charge in [0.25, 0.3) is 0 Å². The van der Waals surface area contributed by atoms with E-state index in [-0.39, 0.29) is 5.69 Å². The first-order chi connectivity index (χ1) is 8.52. The Bertz CT molecular complexity index is 586. The van der Waals surface area contributed by atoms with Crippen LogP contribution in [-0.4, -0.2) is 37.1 Å². The average molecular weight is 251 g/mol. The van der Waals surface area contributed by atoms with Crippen molar-refractivity contribution in [2.45, 2.75) is 32.3 Å². The quantitative estimate of drug-likeness (QED) is 0.714. The fourth-order valence-electron chi connectivity index (χ4n) is 1.81. The molecule has 0 bridgehead atoms. The molecule has 0 radical (unpaired) electrons. The number of hydrogen-bond acceptors (Lipinski definition) is 5. The first kappa shape index (κ1) is 12.6. The second kappa shape index (κ2) is 4.77. The Kier molecular flexibility index (Phi) is 3.33. The Morgan fingerprint density at radius 1 is 1.56 bits per heavy atom. The van der Waals surface area contributed by atoms with Gasteiger partial charge in [-0.15, -0.1) is 5.10 Å². The van der Waals surface area contributed by atoms with Crippen molar-refractivity contribution in [1.82, 2.24) is 19.8 Å². The van der Waals surface area contributed by atoms with Crippen molar-refractivity contribution in [2.75, 3.05) is 11.9 Å². The third kappa shape index (κ3) is 2.67. The summed E-state index contributed by atoms with van der Waals surface area (Å²) in [5.41, 5.74) is -0.702. The third-order valence-corrected chi connectivity index (χ3v) is 2.71. The van der Waals surface area contributed by atoms with Crippen molar-refractivity contribution in [1.29, 1.82) is 0 Å². The lowest BCUT2D eigenvalue weighted by Gasteiger charge is -2.23. The van der Waals surface area contributed by atoms with Crippen molar-refractivity contribution >= 4 is 11.5 Å². The summed E-state index contributed by atoms with van der Waals surface area (Å²) < 4.78 is 1.18. The summed E-state index contributed by atoms with van der Waals surface area (Å²) in [4.78, 5) is 11.3. The van der Waals surface area contributed by atoms with Crippen LogP contribution < -0.4 is 11.0 Å². The number of fused-ring (bicyclic) bond motifs is 1. The van der Waals surface area contributed by atoms with Crippen LogP contribution in [0.3, 0.4) is 0 Å². The number of nitrogens with one attached hydrogen (secondary N) is 2. The number of rotatable bonds is 5. The summed E-state index contributed by atoms with van der Waals surface area (Å²) >= 11 is 0. The zero-order valence-electron chi connectivity index (χ0n) is 10.5. The van der Waals surface area contributed by atoms with Gasteiger partial charge in [-0.3, -0.25) is 0 Å². The molecular formula is C11H17N5O2. The highest BCUT2D eigenvalue weighted by molar-refractivity contribution is 5.43. The van der Waals surface area contributed by atoms with Crippen LogP contribution in [0.5, 0.6) is 0 Å². The SMILES string of the molecule is CCCC(C)(O)CNc1ccc2n[nH]c(=O)n2n1. The molecule has 1 unspecified atom stereocenters. The van der Waals surface area contributed by atoms with E-state index in [2.05, 4.69) is 20.6 Å². The largest absolute Gasteiger partial charge is 0.388 e. The summed E-state index contributed by atoms with van der Waals surface area (Å²) in [6, 6.07) is 3.40. The normalized spacial score (nSPS) is 14.6. The van der Waals surface area contributed by atoms with Gasteiger partial charge in [-0.1, -0.05) is 13.3 Å². The Labute approximate surface area is 104 Å². The fraction of sp³-hybridized carbons (Fsp3) is 0.545. The van der Waals surface area contributed by atoms with Crippen LogP contribution in [0.4, 0.5) is 5.82 Å². The van der Waals surface area contributed by atoms with E-state index in [0.29, 0.717) is 24.4 Å². The minimum atomic E-state index is -0.785. The van der Waals surface area contributed by atoms with Gasteiger partial charge >= 0.3 is 5.69 Å². The van der Waals surface area contributed by atoms with Gasteiger partial charge in [0.1, 0.15) is 5.82 Å². The highest BCUT2D eigenvalue weighted by atomic mass is 16.3. The molecule has 2 aromatic heterocycles. The molecule has 0 saturated carbocycles. The lowest BCUT2D eigenvalue weighted by molar-refractivity contribution is 0.0636. The van der Waals surface area contributed by atoms with E-state index in [1.54, 1.807) is 19.1 Å². The molecule has 0 aliphatic heterocycles. The van der Waals surface area contributed by atoms with Crippen LogP contribution in [0.1, 0.15) is 26.7 Å². The summed E-state index contributed by atoms with van der Waals surface area (Å²) in [6.45, 7) is 4.17. The smallest absolute Gasteiger partial charge is 0.364 e. The van der Waals surface area contributed by atoms with Crippen LogP contribution in [0.25, 0.3) is 5.65 Å². The standard InChI is InChI=1S/C11H17N5O2/c1-3-6-11(2,18)7-12-8-4-5-9-13-14-10(17)16(9)15-8/h4-5,18H,3,6-7H2,1-2H3,(H,12,15)(H,14,17). The molecule has 0 aliphatic rings. The van der Waals surface area contributed by atoms with Crippen LogP contribution in [0.15, 0.2) is 16.9 Å². The Balaban J connectivity index is 2.12. The average Bonchev–Trinajstić information content (AvgIpc) is 2.69. The van der Waals surface area contributed by atoms with Gasteiger partial charge in [0.15, 0.2) is 5.65 Å². The number of aliphatic hydroxyl groups is 1. The first-order valence-electron chi connectivity index (χ1n) is 5.92. The summed E-state index contributed by atoms with van der Waals surface area (Å²) in [5.74, 6) is 0.530. The monoisotopic (exact) mass is 251 g/mol. The maximum atomic E-state index is 11.3. The van der Waals surface area contributed by atoms with Gasteiger partial charge < -0.3 is 10.4 Å². The maximum absolute atomic E-state index is 11.3. The van der Waals surface area contributed by atoms with E-state index in [1.165, 1.54) is 4.52 Å². The molecule has 0 fully saturated rings. The van der Waals surface area contributed by atoms with E-state index >= 15 is 0 Å². The van der Waals surface area contributed by atoms with Crippen molar-refractivity contribution < 1.29 is 5.11 Å². The number of H-pyrrole nitrogens is 1. The molecule has 0 aliphatic carbocycles. The first-order valence-corrected chi connectivity index (χ1v) is 5.92. The predicted octanol–water partition coefficient (Wildman–Crippen LogP) is 0.381. The summed E-state index contributed by atoms with van der Waals surface area (Å²) in [7, 11) is 0. The third-order valence-electron chi connectivity index (χ3n) is 2.71. The number of aromatic amines is 1. The summed E-state index contributed by atoms with van der Waals surface area (Å²) in [6.07, 6.45) is 1.61. The predicted molar refractivity (Wildman–Crippen MR) is 67.6 cm³/mol. The zero-order valence-corrected chi connectivity index (χ0v) is 10.5. The van der Waals surface area contributed by atoms with Crippen LogP contribution in [0.2, 0.25) is 0 Å². The van der Waals surface area contributed by atoms with Gasteiger partial charge in [0.2, 0.25) is 0 Å². The Morgan fingerprint density at radius 2 is 2.33 bits per heavy atom. The molecule has 0 aromatic carbocycles. The molecule has 0 saturated heterocycles. The molecule has 2 heterocycles. The van der Waals surface area contributed by atoms with E-state index in [9.17, 15) is 9.90 Å². The molecule has 2 rings (SSSR count). The second-order valence-corrected chi connectivity index (χ2v) is 4.62. The molecule has 7 nitrogen and oxygen atoms in total. The Morgan fingerprint density at radius 3 is 3.06 bits per heavy atom. The minimum Gasteiger partial charge on any atom is -0.388 e. The molecule has 2 aromatic rings. The molecule has 1 atom stereocenters. The lowest BCUT2D eigenvalue weighted by atomic mass is 10.0. The van der Waals surface area contributed by atoms with E-state index in [1.807, 2.05) is 6.92 Å². The number of anilines is 1. The van der Waals surface area contributed by atoms with Crippen LogP contribution in [0, 0.1) is 0 Å². The fourth-order valence-corrected chi connectivity index (χ4v) is 1.81. The van der Waals surface area contributed by atoms with Crippen LogP contribution >= 0.6 is 0 Å². The minimum absolute atomic E-state index is 0.381. The molecule has 18 heavy (non-hydrogen) atoms. The molecule has 7 heteroatoms. The highest BCUT2D eigenvalue weighted by Gasteiger charge is 2.18. The van der Waals surface area contributed by atoms with Crippen molar-refractivity contribution in [3.8, 4) is 0 Å². The molecular weight excluding hydrogens is 234 g/mol. The highest BCUT2D eigenvalue weighted by Crippen LogP contribution is 2.13. The maximum Gasteiger partial charge on any atom is 0.364 e. The van der Waals surface area contributed by atoms with Gasteiger partial charge in [-0.2, -0.15) is 9.61 Å². The van der Waals surface area contributed by atoms with Crippen molar-refractivity contribution in [3.05, 3.63) is 22.6 Å². The van der Waals surface area contributed by atoms with Gasteiger partial charge in [0.05, 0.1) is 5.60 Å². The number of aromatic nitrogens is 4. The van der Waals surface area contributed by atoms with E-state index in [0.717, 1.165) is 6.42 Å². The molecule has 3 N–H and O–H groups in total. The number of nitrogens with zero attached hydrogens (tertiary/aromatic N) is 3. The van der Waals surface area contributed by atoms with E-state index < -0.39 is 5.60 Å². The number of hydrogen-bond donors (Lipinski definition) is 3. The van der Waals surface area contributed by atoms with Gasteiger partial charge in [0, 0.05) is 6.54 Å². The molecule has 0 amide bonds. The van der Waals surface area contributed by atoms with E-state index in [4.69, 9.17) is 0 Å². The summed E-state index contributed by atoms with van der Waals surface area (Å²) in [5, 5.41) is 23.2. The second-order valence-electron chi connectivity index (χ2n) is 4.62. The molecule has 98 valence electrons.